The van der Waals surface area contributed by atoms with Gasteiger partial charge < -0.3 is 4.74 Å². The van der Waals surface area contributed by atoms with E-state index in [4.69, 9.17) is 4.74 Å². The van der Waals surface area contributed by atoms with Crippen LogP contribution in [0.3, 0.4) is 0 Å². The Morgan fingerprint density at radius 2 is 1.71 bits per heavy atom. The van der Waals surface area contributed by atoms with Gasteiger partial charge in [-0.15, -0.1) is 0 Å². The first-order chi connectivity index (χ1) is 13.7. The van der Waals surface area contributed by atoms with Gasteiger partial charge in [-0.1, -0.05) is 60.7 Å². The number of hydrogen-bond donors (Lipinski definition) is 0. The van der Waals surface area contributed by atoms with Crippen molar-refractivity contribution in [2.45, 2.75) is 44.9 Å². The van der Waals surface area contributed by atoms with Crippen LogP contribution < -0.4 is 0 Å². The molecule has 0 aromatic heterocycles. The molecular formula is C25H25NO2. The van der Waals surface area contributed by atoms with Gasteiger partial charge in [0.25, 0.3) is 0 Å². The number of carbonyl (C=O) groups excluding carboxylic acids is 1. The predicted molar refractivity (Wildman–Crippen MR) is 111 cm³/mol. The van der Waals surface area contributed by atoms with Gasteiger partial charge in [-0.25, -0.2) is 0 Å². The maximum Gasteiger partial charge on any atom is 0.303 e. The number of hydrogen-bond acceptors (Lipinski definition) is 3. The van der Waals surface area contributed by atoms with E-state index >= 15 is 0 Å². The summed E-state index contributed by atoms with van der Waals surface area (Å²) >= 11 is 0. The molecule has 5 rings (SSSR count). The van der Waals surface area contributed by atoms with Crippen molar-refractivity contribution >= 4 is 16.7 Å². The van der Waals surface area contributed by atoms with Crippen LogP contribution >= 0.6 is 0 Å². The van der Waals surface area contributed by atoms with Crippen LogP contribution in [0.2, 0.25) is 0 Å². The number of nitrogens with zero attached hydrogens (tertiary/aromatic N) is 1. The Hall–Kier alpha value is -2.65. The van der Waals surface area contributed by atoms with E-state index in [0.717, 1.165) is 32.4 Å². The molecule has 3 aromatic rings. The first kappa shape index (κ1) is 17.4. The van der Waals surface area contributed by atoms with Crippen LogP contribution in [0.15, 0.2) is 60.7 Å². The molecule has 1 heterocycles. The van der Waals surface area contributed by atoms with E-state index in [2.05, 4.69) is 65.6 Å². The number of fused-ring (bicyclic) bond motifs is 4. The van der Waals surface area contributed by atoms with Gasteiger partial charge in [0, 0.05) is 25.6 Å². The van der Waals surface area contributed by atoms with Crippen LogP contribution in [-0.4, -0.2) is 23.5 Å². The highest BCUT2D eigenvalue weighted by atomic mass is 16.5. The maximum absolute atomic E-state index is 12.0. The van der Waals surface area contributed by atoms with E-state index in [0.29, 0.717) is 0 Å². The fourth-order valence-electron chi connectivity index (χ4n) is 5.03. The molecule has 3 heteroatoms. The lowest BCUT2D eigenvalue weighted by molar-refractivity contribution is -0.151. The summed E-state index contributed by atoms with van der Waals surface area (Å²) in [5.41, 5.74) is 5.38. The monoisotopic (exact) mass is 371 g/mol. The molecule has 0 bridgehead atoms. The molecule has 0 saturated heterocycles. The summed E-state index contributed by atoms with van der Waals surface area (Å²) in [7, 11) is 0. The van der Waals surface area contributed by atoms with Crippen LogP contribution in [0.4, 0.5) is 0 Å². The largest absolute Gasteiger partial charge is 0.456 e. The van der Waals surface area contributed by atoms with E-state index in [-0.39, 0.29) is 18.1 Å². The minimum atomic E-state index is -0.211. The van der Waals surface area contributed by atoms with Crippen molar-refractivity contribution in [3.63, 3.8) is 0 Å². The highest BCUT2D eigenvalue weighted by Gasteiger charge is 2.38. The van der Waals surface area contributed by atoms with Crippen molar-refractivity contribution in [1.82, 2.24) is 4.90 Å². The number of benzene rings is 3. The minimum absolute atomic E-state index is 0.201. The third kappa shape index (κ3) is 3.00. The Kier molecular flexibility index (Phi) is 4.40. The second-order valence-electron chi connectivity index (χ2n) is 7.98. The van der Waals surface area contributed by atoms with Gasteiger partial charge in [-0.3, -0.25) is 9.69 Å². The molecule has 2 atom stereocenters. The average Bonchev–Trinajstić information content (AvgIpc) is 2.73. The predicted octanol–water partition coefficient (Wildman–Crippen LogP) is 4.82. The van der Waals surface area contributed by atoms with Crippen molar-refractivity contribution in [2.24, 2.45) is 0 Å². The summed E-state index contributed by atoms with van der Waals surface area (Å²) in [6.07, 6.45) is 2.89. The average molecular weight is 371 g/mol. The van der Waals surface area contributed by atoms with Crippen LogP contribution in [0, 0.1) is 0 Å². The lowest BCUT2D eigenvalue weighted by Crippen LogP contribution is -2.46. The molecule has 0 N–H and O–H groups in total. The van der Waals surface area contributed by atoms with Crippen molar-refractivity contribution in [2.75, 3.05) is 6.54 Å². The molecule has 3 aromatic carbocycles. The van der Waals surface area contributed by atoms with Crippen molar-refractivity contribution < 1.29 is 9.53 Å². The zero-order valence-corrected chi connectivity index (χ0v) is 16.2. The highest BCUT2D eigenvalue weighted by Crippen LogP contribution is 2.41. The SMILES string of the molecule is CC(=O)OC1c2c(ccc3ccccc23)CCC1N1CCc2ccccc2C1. The van der Waals surface area contributed by atoms with Crippen molar-refractivity contribution in [3.05, 3.63) is 82.9 Å². The Labute approximate surface area is 165 Å². The standard InChI is InChI=1S/C25H25NO2/c1-17(27)28-25-23(26-15-14-18-6-2-3-8-21(18)16-26)13-12-20-11-10-19-7-4-5-9-22(19)24(20)25/h2-11,23,25H,12-16H2,1H3. The van der Waals surface area contributed by atoms with Gasteiger partial charge in [0.05, 0.1) is 6.04 Å². The molecule has 0 fully saturated rings. The summed E-state index contributed by atoms with van der Waals surface area (Å²) in [6, 6.07) is 21.8. The second kappa shape index (κ2) is 7.06. The van der Waals surface area contributed by atoms with Crippen LogP contribution in [0.5, 0.6) is 0 Å². The van der Waals surface area contributed by atoms with E-state index in [1.165, 1.54) is 39.9 Å². The lowest BCUT2D eigenvalue weighted by atomic mass is 9.81. The topological polar surface area (TPSA) is 29.5 Å². The number of esters is 1. The maximum atomic E-state index is 12.0. The number of ether oxygens (including phenoxy) is 1. The van der Waals surface area contributed by atoms with Gasteiger partial charge in [-0.05, 0) is 46.7 Å². The summed E-state index contributed by atoms with van der Waals surface area (Å²) in [4.78, 5) is 14.6. The van der Waals surface area contributed by atoms with E-state index in [1.807, 2.05) is 0 Å². The fourth-order valence-corrected chi connectivity index (χ4v) is 5.03. The van der Waals surface area contributed by atoms with Crippen molar-refractivity contribution in [3.8, 4) is 0 Å². The Morgan fingerprint density at radius 1 is 0.929 bits per heavy atom. The van der Waals surface area contributed by atoms with Gasteiger partial charge in [0.15, 0.2) is 0 Å². The smallest absolute Gasteiger partial charge is 0.303 e. The second-order valence-corrected chi connectivity index (χ2v) is 7.98. The fraction of sp³-hybridized carbons (Fsp3) is 0.320. The molecule has 0 radical (unpaired) electrons. The highest BCUT2D eigenvalue weighted by molar-refractivity contribution is 5.87. The number of rotatable bonds is 2. The van der Waals surface area contributed by atoms with Gasteiger partial charge >= 0.3 is 5.97 Å². The normalized spacial score (nSPS) is 21.8. The third-order valence-corrected chi connectivity index (χ3v) is 6.33. The molecule has 0 spiro atoms. The lowest BCUT2D eigenvalue weighted by Gasteiger charge is -2.42. The Balaban J connectivity index is 1.57. The number of carbonyl (C=O) groups is 1. The van der Waals surface area contributed by atoms with Gasteiger partial charge in [0.2, 0.25) is 0 Å². The van der Waals surface area contributed by atoms with Gasteiger partial charge in [0.1, 0.15) is 6.10 Å². The summed E-state index contributed by atoms with van der Waals surface area (Å²) < 4.78 is 6.00. The third-order valence-electron chi connectivity index (χ3n) is 6.33. The summed E-state index contributed by atoms with van der Waals surface area (Å²) in [5, 5.41) is 2.43. The molecule has 1 aliphatic carbocycles. The zero-order chi connectivity index (χ0) is 19.1. The Morgan fingerprint density at radius 3 is 2.57 bits per heavy atom. The molecule has 0 saturated carbocycles. The van der Waals surface area contributed by atoms with E-state index in [1.54, 1.807) is 0 Å². The molecule has 0 amide bonds. The first-order valence-electron chi connectivity index (χ1n) is 10.2. The quantitative estimate of drug-likeness (QED) is 0.605. The molecular weight excluding hydrogens is 346 g/mol. The molecule has 142 valence electrons. The number of aryl methyl sites for hydroxylation is 1. The van der Waals surface area contributed by atoms with Gasteiger partial charge in [-0.2, -0.15) is 0 Å². The molecule has 2 unspecified atom stereocenters. The molecule has 1 aliphatic heterocycles. The minimum Gasteiger partial charge on any atom is -0.456 e. The van der Waals surface area contributed by atoms with E-state index < -0.39 is 0 Å². The van der Waals surface area contributed by atoms with Crippen LogP contribution in [-0.2, 0) is 28.9 Å². The first-order valence-corrected chi connectivity index (χ1v) is 10.2. The summed E-state index contributed by atoms with van der Waals surface area (Å²) in [6.45, 7) is 3.47. The molecule has 28 heavy (non-hydrogen) atoms. The molecule has 2 aliphatic rings. The van der Waals surface area contributed by atoms with E-state index in [9.17, 15) is 4.79 Å². The van der Waals surface area contributed by atoms with Crippen molar-refractivity contribution in [1.29, 1.82) is 0 Å². The van der Waals surface area contributed by atoms with Crippen LogP contribution in [0.25, 0.3) is 10.8 Å². The summed E-state index contributed by atoms with van der Waals surface area (Å²) in [5.74, 6) is -0.201. The zero-order valence-electron chi connectivity index (χ0n) is 16.2. The Bertz CT molecular complexity index is 1040. The molecule has 3 nitrogen and oxygen atoms in total. The van der Waals surface area contributed by atoms with Crippen LogP contribution in [0.1, 0.15) is 41.7 Å².